The largest absolute Gasteiger partial charge is 0.314 e. The molecule has 0 aromatic rings. The molecule has 0 aromatic carbocycles. The lowest BCUT2D eigenvalue weighted by Gasteiger charge is -2.24. The van der Waals surface area contributed by atoms with Gasteiger partial charge in [0.2, 0.25) is 0 Å². The molecule has 0 aromatic heterocycles. The Hall–Kier alpha value is -0.410. The number of nitrogens with one attached hydrogen (secondary N) is 2. The predicted molar refractivity (Wildman–Crippen MR) is 37.8 cm³/mol. The van der Waals surface area contributed by atoms with E-state index in [2.05, 4.69) is 10.6 Å². The molecule has 56 valence electrons. The van der Waals surface area contributed by atoms with Gasteiger partial charge in [0.05, 0.1) is 0 Å². The summed E-state index contributed by atoms with van der Waals surface area (Å²) in [6.45, 7) is 3.01. The lowest BCUT2D eigenvalue weighted by molar-refractivity contribution is -0.109. The van der Waals surface area contributed by atoms with Crippen molar-refractivity contribution in [3.8, 4) is 0 Å². The van der Waals surface area contributed by atoms with Gasteiger partial charge in [-0.1, -0.05) is 0 Å². The quantitative estimate of drug-likeness (QED) is 0.465. The first kappa shape index (κ1) is 6.31. The fourth-order valence-electron chi connectivity index (χ4n) is 1.69. The first-order valence-electron chi connectivity index (χ1n) is 3.78. The zero-order chi connectivity index (χ0) is 7.03. The highest BCUT2D eigenvalue weighted by atomic mass is 16.1. The van der Waals surface area contributed by atoms with Crippen molar-refractivity contribution in [1.29, 1.82) is 0 Å². The zero-order valence-electron chi connectivity index (χ0n) is 5.89. The number of aldehydes is 1. The third kappa shape index (κ3) is 0.777. The Bertz CT molecular complexity index is 152. The van der Waals surface area contributed by atoms with Gasteiger partial charge in [-0.05, 0) is 6.42 Å². The van der Waals surface area contributed by atoms with Crippen LogP contribution in [0.3, 0.4) is 0 Å². The normalized spacial score (nSPS) is 45.4. The molecule has 2 unspecified atom stereocenters. The van der Waals surface area contributed by atoms with Crippen LogP contribution in [0.4, 0.5) is 0 Å². The molecule has 1 aliphatic heterocycles. The van der Waals surface area contributed by atoms with E-state index in [1.807, 2.05) is 0 Å². The average molecular weight is 140 g/mol. The lowest BCUT2D eigenvalue weighted by atomic mass is 10.2. The Balaban J connectivity index is 1.97. The minimum absolute atomic E-state index is 0.167. The van der Waals surface area contributed by atoms with Gasteiger partial charge in [0.25, 0.3) is 0 Å². The maximum absolute atomic E-state index is 10.4. The Morgan fingerprint density at radius 2 is 2.40 bits per heavy atom. The van der Waals surface area contributed by atoms with E-state index < -0.39 is 0 Å². The third-order valence-electron chi connectivity index (χ3n) is 2.52. The fraction of sp³-hybridized carbons (Fsp3) is 0.857. The van der Waals surface area contributed by atoms with E-state index in [0.717, 1.165) is 32.3 Å². The van der Waals surface area contributed by atoms with E-state index in [4.69, 9.17) is 0 Å². The second-order valence-corrected chi connectivity index (χ2v) is 3.21. The fourth-order valence-corrected chi connectivity index (χ4v) is 1.69. The summed E-state index contributed by atoms with van der Waals surface area (Å²) in [5.41, 5.74) is 0.167. The van der Waals surface area contributed by atoms with E-state index in [1.54, 1.807) is 0 Å². The van der Waals surface area contributed by atoms with Crippen LogP contribution in [0.25, 0.3) is 0 Å². The molecule has 2 atom stereocenters. The van der Waals surface area contributed by atoms with Crippen molar-refractivity contribution in [2.75, 3.05) is 19.6 Å². The first-order valence-corrected chi connectivity index (χ1v) is 3.78. The predicted octanol–water partition coefficient (Wildman–Crippen LogP) is -0.863. The Morgan fingerprint density at radius 1 is 1.50 bits per heavy atom. The van der Waals surface area contributed by atoms with Crippen molar-refractivity contribution in [3.05, 3.63) is 0 Å². The second kappa shape index (κ2) is 2.04. The summed E-state index contributed by atoms with van der Waals surface area (Å²) in [6.07, 6.45) is 2.10. The van der Waals surface area contributed by atoms with Crippen LogP contribution in [0, 0.1) is 5.92 Å². The van der Waals surface area contributed by atoms with Crippen LogP contribution in [-0.2, 0) is 4.79 Å². The summed E-state index contributed by atoms with van der Waals surface area (Å²) >= 11 is 0. The summed E-state index contributed by atoms with van der Waals surface area (Å²) in [7, 11) is 0. The van der Waals surface area contributed by atoms with Crippen molar-refractivity contribution in [3.63, 3.8) is 0 Å². The van der Waals surface area contributed by atoms with Gasteiger partial charge in [-0.3, -0.25) is 0 Å². The van der Waals surface area contributed by atoms with Gasteiger partial charge in [-0.2, -0.15) is 0 Å². The Morgan fingerprint density at radius 3 is 2.90 bits per heavy atom. The molecule has 10 heavy (non-hydrogen) atoms. The monoisotopic (exact) mass is 140 g/mol. The molecule has 2 fully saturated rings. The van der Waals surface area contributed by atoms with Gasteiger partial charge < -0.3 is 15.4 Å². The van der Waals surface area contributed by atoms with Crippen LogP contribution in [-0.4, -0.2) is 31.5 Å². The number of hydrogen-bond donors (Lipinski definition) is 2. The molecule has 2 N–H and O–H groups in total. The number of carbonyl (C=O) groups excluding carboxylic acids is 1. The van der Waals surface area contributed by atoms with Gasteiger partial charge in [0.1, 0.15) is 6.29 Å². The highest BCUT2D eigenvalue weighted by Gasteiger charge is 2.54. The number of carbonyl (C=O) groups is 1. The SMILES string of the molecule is O=CC1CC12CNCCN2. The lowest BCUT2D eigenvalue weighted by Crippen LogP contribution is -2.51. The topological polar surface area (TPSA) is 41.1 Å². The zero-order valence-corrected chi connectivity index (χ0v) is 5.89. The van der Waals surface area contributed by atoms with Crippen molar-refractivity contribution in [2.24, 2.45) is 5.92 Å². The van der Waals surface area contributed by atoms with Crippen LogP contribution in [0.2, 0.25) is 0 Å². The third-order valence-corrected chi connectivity index (χ3v) is 2.52. The average Bonchev–Trinajstić information content (AvgIpc) is 2.65. The van der Waals surface area contributed by atoms with Gasteiger partial charge in [-0.15, -0.1) is 0 Å². The number of piperazine rings is 1. The van der Waals surface area contributed by atoms with E-state index in [1.165, 1.54) is 0 Å². The molecule has 0 bridgehead atoms. The molecule has 3 nitrogen and oxygen atoms in total. The van der Waals surface area contributed by atoms with Crippen LogP contribution in [0.5, 0.6) is 0 Å². The molecule has 1 heterocycles. The summed E-state index contributed by atoms with van der Waals surface area (Å²) in [6, 6.07) is 0. The first-order chi connectivity index (χ1) is 4.87. The maximum atomic E-state index is 10.4. The molecule has 0 radical (unpaired) electrons. The number of rotatable bonds is 1. The summed E-state index contributed by atoms with van der Waals surface area (Å²) in [4.78, 5) is 10.4. The molecule has 1 spiro atoms. The van der Waals surface area contributed by atoms with E-state index in [-0.39, 0.29) is 11.5 Å². The summed E-state index contributed by atoms with van der Waals surface area (Å²) < 4.78 is 0. The van der Waals surface area contributed by atoms with Crippen molar-refractivity contribution in [2.45, 2.75) is 12.0 Å². The van der Waals surface area contributed by atoms with Gasteiger partial charge >= 0.3 is 0 Å². The van der Waals surface area contributed by atoms with Crippen molar-refractivity contribution >= 4 is 6.29 Å². The molecule has 2 aliphatic rings. The maximum Gasteiger partial charge on any atom is 0.125 e. The van der Waals surface area contributed by atoms with Crippen molar-refractivity contribution < 1.29 is 4.79 Å². The Kier molecular flexibility index (Phi) is 1.28. The molecule has 1 saturated carbocycles. The second-order valence-electron chi connectivity index (χ2n) is 3.21. The number of hydrogen-bond acceptors (Lipinski definition) is 3. The van der Waals surface area contributed by atoms with Gasteiger partial charge in [0, 0.05) is 31.1 Å². The van der Waals surface area contributed by atoms with E-state index >= 15 is 0 Å². The standard InChI is InChI=1S/C7H12N2O/c10-4-6-3-7(6)5-8-1-2-9-7/h4,6,8-9H,1-3,5H2. The van der Waals surface area contributed by atoms with E-state index in [0.29, 0.717) is 0 Å². The highest BCUT2D eigenvalue weighted by Crippen LogP contribution is 2.41. The molecule has 1 saturated heterocycles. The smallest absolute Gasteiger partial charge is 0.125 e. The molecular weight excluding hydrogens is 128 g/mol. The van der Waals surface area contributed by atoms with Crippen LogP contribution in [0.15, 0.2) is 0 Å². The molecule has 1 aliphatic carbocycles. The minimum atomic E-state index is 0.167. The van der Waals surface area contributed by atoms with Gasteiger partial charge in [0.15, 0.2) is 0 Å². The molecular formula is C7H12N2O. The molecule has 2 rings (SSSR count). The summed E-state index contributed by atoms with van der Waals surface area (Å²) in [5.74, 6) is 0.278. The molecule has 3 heteroatoms. The van der Waals surface area contributed by atoms with Crippen LogP contribution >= 0.6 is 0 Å². The van der Waals surface area contributed by atoms with E-state index in [9.17, 15) is 4.79 Å². The Labute approximate surface area is 60.2 Å². The van der Waals surface area contributed by atoms with Crippen LogP contribution < -0.4 is 10.6 Å². The van der Waals surface area contributed by atoms with Gasteiger partial charge in [-0.25, -0.2) is 0 Å². The van der Waals surface area contributed by atoms with Crippen molar-refractivity contribution in [1.82, 2.24) is 10.6 Å². The summed E-state index contributed by atoms with van der Waals surface area (Å²) in [5, 5.41) is 6.66. The van der Waals surface area contributed by atoms with Crippen LogP contribution in [0.1, 0.15) is 6.42 Å². The molecule has 0 amide bonds. The highest BCUT2D eigenvalue weighted by molar-refractivity contribution is 5.62. The minimum Gasteiger partial charge on any atom is -0.314 e.